The van der Waals surface area contributed by atoms with Crippen LogP contribution in [0.5, 0.6) is 11.5 Å². The van der Waals surface area contributed by atoms with Gasteiger partial charge in [0.15, 0.2) is 11.5 Å². The Labute approximate surface area is 166 Å². The van der Waals surface area contributed by atoms with Gasteiger partial charge in [-0.05, 0) is 41.3 Å². The van der Waals surface area contributed by atoms with Crippen molar-refractivity contribution >= 4 is 28.8 Å². The first-order chi connectivity index (χ1) is 13.7. The minimum atomic E-state index is -0.267. The lowest BCUT2D eigenvalue weighted by atomic mass is 10.1. The van der Waals surface area contributed by atoms with Crippen molar-refractivity contribution in [2.24, 2.45) is 0 Å². The van der Waals surface area contributed by atoms with E-state index in [0.29, 0.717) is 47.4 Å². The monoisotopic (exact) mass is 394 g/mol. The molecule has 0 fully saturated rings. The molecule has 3 aromatic rings. The number of hydrogen-bond acceptors (Lipinski definition) is 5. The van der Waals surface area contributed by atoms with Crippen LogP contribution in [0, 0.1) is 0 Å². The van der Waals surface area contributed by atoms with Gasteiger partial charge in [-0.3, -0.25) is 9.59 Å². The summed E-state index contributed by atoms with van der Waals surface area (Å²) in [5, 5.41) is 7.53. The van der Waals surface area contributed by atoms with Gasteiger partial charge in [0.05, 0.1) is 16.1 Å². The number of nitrogens with one attached hydrogen (secondary N) is 2. The molecule has 142 valence electrons. The van der Waals surface area contributed by atoms with Gasteiger partial charge in [0.2, 0.25) is 0 Å². The van der Waals surface area contributed by atoms with E-state index in [4.69, 9.17) is 9.47 Å². The number of benzene rings is 2. The Kier molecular flexibility index (Phi) is 5.25. The molecule has 0 saturated heterocycles. The van der Waals surface area contributed by atoms with E-state index < -0.39 is 0 Å². The maximum atomic E-state index is 12.7. The second-order valence-corrected chi connectivity index (χ2v) is 7.09. The summed E-state index contributed by atoms with van der Waals surface area (Å²) in [5.41, 5.74) is 1.78. The number of para-hydroxylation sites is 1. The zero-order valence-corrected chi connectivity index (χ0v) is 15.8. The van der Waals surface area contributed by atoms with Crippen molar-refractivity contribution in [2.45, 2.75) is 6.54 Å². The predicted octanol–water partition coefficient (Wildman–Crippen LogP) is 3.70. The van der Waals surface area contributed by atoms with Crippen molar-refractivity contribution < 1.29 is 19.1 Å². The minimum Gasteiger partial charge on any atom is -0.486 e. The summed E-state index contributed by atoms with van der Waals surface area (Å²) in [6.45, 7) is 1.39. The minimum absolute atomic E-state index is 0.234. The van der Waals surface area contributed by atoms with Crippen LogP contribution in [-0.4, -0.2) is 25.0 Å². The molecule has 0 bridgehead atoms. The molecule has 2 heterocycles. The van der Waals surface area contributed by atoms with E-state index in [-0.39, 0.29) is 11.8 Å². The summed E-state index contributed by atoms with van der Waals surface area (Å²) in [6.07, 6.45) is 0. The highest BCUT2D eigenvalue weighted by Crippen LogP contribution is 2.30. The van der Waals surface area contributed by atoms with E-state index in [1.807, 2.05) is 29.6 Å². The fourth-order valence-electron chi connectivity index (χ4n) is 2.86. The first-order valence-electron chi connectivity index (χ1n) is 8.81. The van der Waals surface area contributed by atoms with Gasteiger partial charge in [-0.2, -0.15) is 0 Å². The second kappa shape index (κ2) is 8.14. The zero-order valence-electron chi connectivity index (χ0n) is 14.9. The Hall–Kier alpha value is -3.32. The Morgan fingerprint density at radius 1 is 0.929 bits per heavy atom. The normalized spacial score (nSPS) is 12.3. The topological polar surface area (TPSA) is 76.7 Å². The molecule has 7 heteroatoms. The summed E-state index contributed by atoms with van der Waals surface area (Å²) in [7, 11) is 0. The summed E-state index contributed by atoms with van der Waals surface area (Å²) < 4.78 is 11.1. The highest BCUT2D eigenvalue weighted by atomic mass is 32.1. The third kappa shape index (κ3) is 3.99. The Bertz CT molecular complexity index is 1000. The van der Waals surface area contributed by atoms with Crippen molar-refractivity contribution in [1.29, 1.82) is 0 Å². The number of amides is 2. The number of anilines is 1. The van der Waals surface area contributed by atoms with Crippen LogP contribution in [0.2, 0.25) is 0 Å². The van der Waals surface area contributed by atoms with E-state index in [1.54, 1.807) is 30.3 Å². The van der Waals surface area contributed by atoms with Crippen molar-refractivity contribution in [3.05, 3.63) is 76.0 Å². The molecule has 6 nitrogen and oxygen atoms in total. The van der Waals surface area contributed by atoms with Gasteiger partial charge >= 0.3 is 0 Å². The van der Waals surface area contributed by atoms with E-state index in [1.165, 1.54) is 11.3 Å². The number of thiophene rings is 1. The number of ether oxygens (including phenoxy) is 2. The summed E-state index contributed by atoms with van der Waals surface area (Å²) in [5.74, 6) is 0.892. The molecule has 0 spiro atoms. The summed E-state index contributed by atoms with van der Waals surface area (Å²) >= 11 is 1.35. The molecule has 2 N–H and O–H groups in total. The Morgan fingerprint density at radius 3 is 2.57 bits per heavy atom. The fraction of sp³-hybridized carbons (Fsp3) is 0.143. The molecule has 0 radical (unpaired) electrons. The van der Waals surface area contributed by atoms with Crippen molar-refractivity contribution in [2.75, 3.05) is 18.5 Å². The van der Waals surface area contributed by atoms with Crippen LogP contribution in [0.1, 0.15) is 25.6 Å². The second-order valence-electron chi connectivity index (χ2n) is 6.14. The van der Waals surface area contributed by atoms with Crippen LogP contribution < -0.4 is 20.1 Å². The smallest absolute Gasteiger partial charge is 0.265 e. The fourth-order valence-corrected chi connectivity index (χ4v) is 3.48. The predicted molar refractivity (Wildman–Crippen MR) is 107 cm³/mol. The first-order valence-corrected chi connectivity index (χ1v) is 9.69. The zero-order chi connectivity index (χ0) is 19.3. The molecule has 0 atom stereocenters. The van der Waals surface area contributed by atoms with Crippen LogP contribution in [0.4, 0.5) is 5.69 Å². The quantitative estimate of drug-likeness (QED) is 0.692. The molecule has 2 aromatic carbocycles. The van der Waals surface area contributed by atoms with E-state index in [0.717, 1.165) is 5.56 Å². The largest absolute Gasteiger partial charge is 0.486 e. The summed E-state index contributed by atoms with van der Waals surface area (Å²) in [4.78, 5) is 25.6. The van der Waals surface area contributed by atoms with Gasteiger partial charge in [-0.1, -0.05) is 24.3 Å². The third-order valence-electron chi connectivity index (χ3n) is 4.22. The maximum absolute atomic E-state index is 12.7. The maximum Gasteiger partial charge on any atom is 0.265 e. The lowest BCUT2D eigenvalue weighted by Crippen LogP contribution is -2.25. The molecule has 1 aromatic heterocycles. The van der Waals surface area contributed by atoms with Crippen LogP contribution in [0.3, 0.4) is 0 Å². The molecule has 2 amide bonds. The van der Waals surface area contributed by atoms with Crippen molar-refractivity contribution in [3.8, 4) is 11.5 Å². The van der Waals surface area contributed by atoms with Gasteiger partial charge < -0.3 is 20.1 Å². The first kappa shape index (κ1) is 18.1. The summed E-state index contributed by atoms with van der Waals surface area (Å²) in [6, 6.07) is 16.1. The molecule has 0 unspecified atom stereocenters. The number of carbonyl (C=O) groups is 2. The number of carbonyl (C=O) groups excluding carboxylic acids is 2. The molecular formula is C21H18N2O4S. The highest BCUT2D eigenvalue weighted by Gasteiger charge is 2.15. The lowest BCUT2D eigenvalue weighted by molar-refractivity contribution is 0.0951. The van der Waals surface area contributed by atoms with Crippen LogP contribution >= 0.6 is 11.3 Å². The van der Waals surface area contributed by atoms with Gasteiger partial charge in [-0.25, -0.2) is 0 Å². The highest BCUT2D eigenvalue weighted by molar-refractivity contribution is 7.12. The van der Waals surface area contributed by atoms with Crippen molar-refractivity contribution in [3.63, 3.8) is 0 Å². The molecule has 0 aliphatic carbocycles. The Morgan fingerprint density at radius 2 is 1.75 bits per heavy atom. The van der Waals surface area contributed by atoms with Crippen LogP contribution in [0.25, 0.3) is 0 Å². The van der Waals surface area contributed by atoms with E-state index in [9.17, 15) is 9.59 Å². The molecule has 1 aliphatic heterocycles. The van der Waals surface area contributed by atoms with Crippen LogP contribution in [0.15, 0.2) is 60.0 Å². The third-order valence-corrected chi connectivity index (χ3v) is 5.09. The van der Waals surface area contributed by atoms with Gasteiger partial charge in [-0.15, -0.1) is 11.3 Å². The molecular weight excluding hydrogens is 376 g/mol. The average molecular weight is 394 g/mol. The average Bonchev–Trinajstić information content (AvgIpc) is 3.27. The van der Waals surface area contributed by atoms with Gasteiger partial charge in [0, 0.05) is 6.54 Å². The van der Waals surface area contributed by atoms with Crippen LogP contribution in [-0.2, 0) is 6.54 Å². The van der Waals surface area contributed by atoms with Gasteiger partial charge in [0.25, 0.3) is 11.8 Å². The number of rotatable bonds is 5. The SMILES string of the molecule is O=C(Nc1ccccc1C(=O)NCc1ccc2c(c1)OCCO2)c1cccs1. The van der Waals surface area contributed by atoms with Crippen molar-refractivity contribution in [1.82, 2.24) is 5.32 Å². The molecule has 28 heavy (non-hydrogen) atoms. The molecule has 0 saturated carbocycles. The van der Waals surface area contributed by atoms with Gasteiger partial charge in [0.1, 0.15) is 13.2 Å². The lowest BCUT2D eigenvalue weighted by Gasteiger charge is -2.19. The number of fused-ring (bicyclic) bond motifs is 1. The Balaban J connectivity index is 1.44. The molecule has 4 rings (SSSR count). The van der Waals surface area contributed by atoms with E-state index in [2.05, 4.69) is 10.6 Å². The standard InChI is InChI=1S/C21H18N2O4S/c24-20(22-13-14-7-8-17-18(12-14)27-10-9-26-17)15-4-1-2-5-16(15)23-21(25)19-6-3-11-28-19/h1-8,11-12H,9-10,13H2,(H,22,24)(H,23,25). The van der Waals surface area contributed by atoms with E-state index >= 15 is 0 Å². The number of hydrogen-bond donors (Lipinski definition) is 2. The molecule has 1 aliphatic rings.